The molecule has 0 aliphatic carbocycles. The quantitative estimate of drug-likeness (QED) is 0.369. The van der Waals surface area contributed by atoms with Crippen molar-refractivity contribution in [2.24, 2.45) is 5.84 Å². The number of halogens is 1. The fraction of sp³-hybridized carbons (Fsp3) is 0.200. The largest absolute Gasteiger partial charge is 0.294 e. The van der Waals surface area contributed by atoms with Gasteiger partial charge in [0.05, 0.1) is 5.92 Å². The Morgan fingerprint density at radius 3 is 2.71 bits per heavy atom. The van der Waals surface area contributed by atoms with Gasteiger partial charge in [-0.2, -0.15) is 0 Å². The summed E-state index contributed by atoms with van der Waals surface area (Å²) in [6.45, 7) is 1.83. The first-order chi connectivity index (χ1) is 10.1. The average Bonchev–Trinajstić information content (AvgIpc) is 2.53. The number of pyridine rings is 1. The molecule has 1 unspecified atom stereocenters. The van der Waals surface area contributed by atoms with Crippen LogP contribution in [0.4, 0.5) is 0 Å². The van der Waals surface area contributed by atoms with Crippen molar-refractivity contribution in [2.45, 2.75) is 23.6 Å². The molecule has 0 spiro atoms. The number of aromatic nitrogens is 1. The van der Waals surface area contributed by atoms with Crippen LogP contribution in [-0.4, -0.2) is 10.9 Å². The van der Waals surface area contributed by atoms with E-state index >= 15 is 0 Å². The number of amides is 1. The number of hydrogen-bond donors (Lipinski definition) is 2. The van der Waals surface area contributed by atoms with Gasteiger partial charge in [-0.1, -0.05) is 24.3 Å². The van der Waals surface area contributed by atoms with Crippen molar-refractivity contribution in [2.75, 3.05) is 0 Å². The maximum atomic E-state index is 11.5. The summed E-state index contributed by atoms with van der Waals surface area (Å²) < 4.78 is 1.000. The molecule has 4 nitrogen and oxygen atoms in total. The minimum Gasteiger partial charge on any atom is -0.294 e. The Labute approximate surface area is 136 Å². The highest BCUT2D eigenvalue weighted by Crippen LogP contribution is 2.28. The maximum Gasteiger partial charge on any atom is 0.241 e. The van der Waals surface area contributed by atoms with Crippen LogP contribution in [0.15, 0.2) is 52.1 Å². The number of carbonyl (C=O) groups is 1. The predicted molar refractivity (Wildman–Crippen MR) is 88.7 cm³/mol. The third-order valence-corrected chi connectivity index (χ3v) is 5.09. The molecule has 0 fully saturated rings. The molecule has 1 aromatic heterocycles. The van der Waals surface area contributed by atoms with Gasteiger partial charge in [-0.15, -0.1) is 11.8 Å². The van der Waals surface area contributed by atoms with Crippen LogP contribution in [0.25, 0.3) is 0 Å². The minimum absolute atomic E-state index is 0.186. The lowest BCUT2D eigenvalue weighted by atomic mass is 10.00. The van der Waals surface area contributed by atoms with Crippen LogP contribution in [0.2, 0.25) is 0 Å². The van der Waals surface area contributed by atoms with Crippen LogP contribution >= 0.6 is 27.7 Å². The van der Waals surface area contributed by atoms with E-state index in [1.165, 1.54) is 5.56 Å². The molecule has 0 radical (unpaired) electrons. The molecule has 1 heterocycles. The van der Waals surface area contributed by atoms with Gasteiger partial charge in [0.2, 0.25) is 5.91 Å². The number of benzene rings is 1. The van der Waals surface area contributed by atoms with Crippen molar-refractivity contribution in [3.05, 3.63) is 58.2 Å². The lowest BCUT2D eigenvalue weighted by Gasteiger charge is -2.10. The summed E-state index contributed by atoms with van der Waals surface area (Å²) in [5, 5.41) is 0.970. The predicted octanol–water partition coefficient (Wildman–Crippen LogP) is 3.23. The van der Waals surface area contributed by atoms with Gasteiger partial charge >= 0.3 is 0 Å². The van der Waals surface area contributed by atoms with Crippen molar-refractivity contribution in [3.63, 3.8) is 0 Å². The second-order valence-electron chi connectivity index (χ2n) is 4.55. The summed E-state index contributed by atoms with van der Waals surface area (Å²) in [6.07, 6.45) is 1.78. The molecule has 0 aliphatic rings. The van der Waals surface area contributed by atoms with E-state index in [9.17, 15) is 4.79 Å². The molecule has 2 rings (SSSR count). The topological polar surface area (TPSA) is 68.0 Å². The van der Waals surface area contributed by atoms with Crippen LogP contribution in [-0.2, 0) is 10.5 Å². The summed E-state index contributed by atoms with van der Waals surface area (Å²) in [5.74, 6) is 5.54. The molecule has 0 bridgehead atoms. The molecule has 6 heteroatoms. The summed E-state index contributed by atoms with van der Waals surface area (Å²) in [6, 6.07) is 11.9. The van der Waals surface area contributed by atoms with E-state index in [0.29, 0.717) is 0 Å². The van der Waals surface area contributed by atoms with Crippen LogP contribution in [0.5, 0.6) is 0 Å². The number of carbonyl (C=O) groups excluding carboxylic acids is 1. The molecule has 1 atom stereocenters. The second kappa shape index (κ2) is 7.59. The zero-order valence-electron chi connectivity index (χ0n) is 11.5. The van der Waals surface area contributed by atoms with E-state index in [4.69, 9.17) is 5.84 Å². The fourth-order valence-electron chi connectivity index (χ4n) is 1.81. The van der Waals surface area contributed by atoms with Crippen molar-refractivity contribution < 1.29 is 4.79 Å². The Hall–Kier alpha value is -1.37. The Morgan fingerprint density at radius 2 is 2.10 bits per heavy atom. The number of hydrazine groups is 1. The number of nitrogens with zero attached hydrogens (tertiary/aromatic N) is 1. The smallest absolute Gasteiger partial charge is 0.241 e. The van der Waals surface area contributed by atoms with Gasteiger partial charge in [0.15, 0.2) is 0 Å². The Kier molecular flexibility index (Phi) is 5.78. The Bertz CT molecular complexity index is 619. The molecule has 1 amide bonds. The molecule has 0 saturated heterocycles. The second-order valence-corrected chi connectivity index (χ2v) is 6.37. The molecule has 0 aliphatic heterocycles. The van der Waals surface area contributed by atoms with Crippen LogP contribution in [0.3, 0.4) is 0 Å². The average molecular weight is 366 g/mol. The molecule has 21 heavy (non-hydrogen) atoms. The number of hydrogen-bond acceptors (Lipinski definition) is 4. The van der Waals surface area contributed by atoms with Crippen molar-refractivity contribution in [3.8, 4) is 0 Å². The van der Waals surface area contributed by atoms with Crippen LogP contribution in [0, 0.1) is 0 Å². The highest BCUT2D eigenvalue weighted by Gasteiger charge is 2.13. The summed E-state index contributed by atoms with van der Waals surface area (Å²) in [5.41, 5.74) is 4.31. The van der Waals surface area contributed by atoms with Gasteiger partial charge < -0.3 is 0 Å². The van der Waals surface area contributed by atoms with E-state index < -0.39 is 0 Å². The standard InChI is InChI=1S/C15H16BrN3OS/c1-10(14(20)19-17)12-6-4-11(5-7-12)9-21-15-13(16)3-2-8-18-15/h2-8,10H,9,17H2,1H3,(H,19,20). The van der Waals surface area contributed by atoms with Gasteiger partial charge in [-0.05, 0) is 46.1 Å². The van der Waals surface area contributed by atoms with Crippen molar-refractivity contribution in [1.82, 2.24) is 10.4 Å². The first-order valence-corrected chi connectivity index (χ1v) is 8.22. The maximum absolute atomic E-state index is 11.5. The van der Waals surface area contributed by atoms with Crippen molar-refractivity contribution in [1.29, 1.82) is 0 Å². The zero-order valence-corrected chi connectivity index (χ0v) is 13.9. The first kappa shape index (κ1) is 16.0. The van der Waals surface area contributed by atoms with E-state index in [1.54, 1.807) is 18.0 Å². The molecule has 110 valence electrons. The lowest BCUT2D eigenvalue weighted by Crippen LogP contribution is -2.33. The van der Waals surface area contributed by atoms with Crippen LogP contribution < -0.4 is 11.3 Å². The molecule has 0 saturated carbocycles. The lowest BCUT2D eigenvalue weighted by molar-refractivity contribution is -0.122. The highest BCUT2D eigenvalue weighted by atomic mass is 79.9. The SMILES string of the molecule is CC(C(=O)NN)c1ccc(CSc2ncccc2Br)cc1. The summed E-state index contributed by atoms with van der Waals surface area (Å²) >= 11 is 5.15. The Balaban J connectivity index is 2.00. The van der Waals surface area contributed by atoms with E-state index in [0.717, 1.165) is 20.8 Å². The summed E-state index contributed by atoms with van der Waals surface area (Å²) in [7, 11) is 0. The van der Waals surface area contributed by atoms with E-state index in [-0.39, 0.29) is 11.8 Å². The van der Waals surface area contributed by atoms with Crippen molar-refractivity contribution >= 4 is 33.6 Å². The number of rotatable bonds is 5. The van der Waals surface area contributed by atoms with Gasteiger partial charge in [0.25, 0.3) is 0 Å². The van der Waals surface area contributed by atoms with Gasteiger partial charge in [-0.3, -0.25) is 10.2 Å². The molecule has 2 aromatic rings. The highest BCUT2D eigenvalue weighted by molar-refractivity contribution is 9.10. The molecular weight excluding hydrogens is 350 g/mol. The van der Waals surface area contributed by atoms with Gasteiger partial charge in [0.1, 0.15) is 5.03 Å². The third kappa shape index (κ3) is 4.30. The third-order valence-electron chi connectivity index (χ3n) is 3.12. The van der Waals surface area contributed by atoms with E-state index in [1.807, 2.05) is 43.3 Å². The monoisotopic (exact) mass is 365 g/mol. The molecular formula is C15H16BrN3OS. The zero-order chi connectivity index (χ0) is 15.2. The fourth-order valence-corrected chi connectivity index (χ4v) is 3.24. The van der Waals surface area contributed by atoms with Gasteiger partial charge in [-0.25, -0.2) is 10.8 Å². The number of thioether (sulfide) groups is 1. The van der Waals surface area contributed by atoms with Gasteiger partial charge in [0, 0.05) is 16.4 Å². The molecule has 3 N–H and O–H groups in total. The Morgan fingerprint density at radius 1 is 1.38 bits per heavy atom. The van der Waals surface area contributed by atoms with E-state index in [2.05, 4.69) is 26.3 Å². The molecule has 1 aromatic carbocycles. The number of nitrogens with two attached hydrogens (primary N) is 1. The first-order valence-electron chi connectivity index (χ1n) is 6.44. The minimum atomic E-state index is -0.248. The summed E-state index contributed by atoms with van der Waals surface area (Å²) in [4.78, 5) is 15.8. The van der Waals surface area contributed by atoms with Crippen LogP contribution in [0.1, 0.15) is 24.0 Å². The number of nitrogens with one attached hydrogen (secondary N) is 1. The normalized spacial score (nSPS) is 12.0.